The van der Waals surface area contributed by atoms with Crippen LogP contribution in [-0.4, -0.2) is 21.2 Å². The molecule has 3 rings (SSSR count). The molecule has 0 amide bonds. The van der Waals surface area contributed by atoms with E-state index in [-0.39, 0.29) is 5.04 Å². The van der Waals surface area contributed by atoms with E-state index in [0.29, 0.717) is 18.3 Å². The van der Waals surface area contributed by atoms with Crippen molar-refractivity contribution in [1.29, 1.82) is 0 Å². The van der Waals surface area contributed by atoms with Gasteiger partial charge in [-0.3, -0.25) is 0 Å². The van der Waals surface area contributed by atoms with Crippen LogP contribution < -0.4 is 10.4 Å². The zero-order valence-corrected chi connectivity index (χ0v) is 22.5. The van der Waals surface area contributed by atoms with E-state index in [1.54, 1.807) is 0 Å². The summed E-state index contributed by atoms with van der Waals surface area (Å²) in [5.74, 6) is 1.20. The fourth-order valence-corrected chi connectivity index (χ4v) is 10.3. The number of carbonyl (C=O) groups is 1. The van der Waals surface area contributed by atoms with Crippen LogP contribution >= 0.6 is 0 Å². The number of hydrogen-bond donors (Lipinski definition) is 0. The van der Waals surface area contributed by atoms with Crippen molar-refractivity contribution in [1.82, 2.24) is 0 Å². The fraction of sp³-hybridized carbons (Fsp3) is 0.516. The number of allylic oxidation sites excluding steroid dienone is 2. The van der Waals surface area contributed by atoms with Gasteiger partial charge in [0.05, 0.1) is 0 Å². The van der Waals surface area contributed by atoms with Gasteiger partial charge in [0.1, 0.15) is 6.29 Å². The summed E-state index contributed by atoms with van der Waals surface area (Å²) in [4.78, 5) is 10.8. The molecular formula is C31H44O2Si. The SMILES string of the molecule is CC(C)(C)[Si](OCCCCCCCC[C@H]1CC=C[C@H]1CC=O)(c1ccccc1)c1ccccc1. The Morgan fingerprint density at radius 1 is 0.853 bits per heavy atom. The summed E-state index contributed by atoms with van der Waals surface area (Å²) < 4.78 is 7.00. The van der Waals surface area contributed by atoms with Crippen LogP contribution in [0.4, 0.5) is 0 Å². The van der Waals surface area contributed by atoms with E-state index in [1.807, 2.05) is 0 Å². The minimum Gasteiger partial charge on any atom is -0.407 e. The molecule has 0 fully saturated rings. The number of rotatable bonds is 14. The van der Waals surface area contributed by atoms with Crippen LogP contribution in [0.5, 0.6) is 0 Å². The summed E-state index contributed by atoms with van der Waals surface area (Å²) >= 11 is 0. The van der Waals surface area contributed by atoms with Crippen LogP contribution in [0.3, 0.4) is 0 Å². The quantitative estimate of drug-likeness (QED) is 0.126. The van der Waals surface area contributed by atoms with Gasteiger partial charge in [-0.1, -0.05) is 126 Å². The Hall–Kier alpha value is -1.97. The van der Waals surface area contributed by atoms with Gasteiger partial charge < -0.3 is 9.22 Å². The first-order valence-corrected chi connectivity index (χ1v) is 15.2. The number of unbranched alkanes of at least 4 members (excludes halogenated alkanes) is 5. The summed E-state index contributed by atoms with van der Waals surface area (Å²) in [7, 11) is -2.39. The highest BCUT2D eigenvalue weighted by Gasteiger charge is 2.49. The van der Waals surface area contributed by atoms with Gasteiger partial charge in [0.2, 0.25) is 0 Å². The molecule has 0 unspecified atom stereocenters. The molecular weight excluding hydrogens is 432 g/mol. The van der Waals surface area contributed by atoms with Gasteiger partial charge in [-0.25, -0.2) is 0 Å². The Morgan fingerprint density at radius 2 is 1.41 bits per heavy atom. The third-order valence-corrected chi connectivity index (χ3v) is 12.5. The number of carbonyl (C=O) groups excluding carboxylic acids is 1. The van der Waals surface area contributed by atoms with Crippen molar-refractivity contribution in [2.75, 3.05) is 6.61 Å². The third-order valence-electron chi connectivity index (χ3n) is 7.50. The molecule has 0 bridgehead atoms. The van der Waals surface area contributed by atoms with Crippen LogP contribution in [-0.2, 0) is 9.22 Å². The predicted octanol–water partition coefficient (Wildman–Crippen LogP) is 7.08. The minimum absolute atomic E-state index is 0.0481. The number of hydrogen-bond acceptors (Lipinski definition) is 2. The summed E-state index contributed by atoms with van der Waals surface area (Å²) in [5, 5.41) is 2.78. The van der Waals surface area contributed by atoms with Gasteiger partial charge in [0, 0.05) is 13.0 Å². The van der Waals surface area contributed by atoms with Gasteiger partial charge >= 0.3 is 0 Å². The van der Waals surface area contributed by atoms with Crippen LogP contribution in [0.25, 0.3) is 0 Å². The molecule has 0 radical (unpaired) electrons. The van der Waals surface area contributed by atoms with Crippen molar-refractivity contribution in [3.63, 3.8) is 0 Å². The largest absolute Gasteiger partial charge is 0.407 e. The van der Waals surface area contributed by atoms with E-state index in [0.717, 1.165) is 25.7 Å². The second kappa shape index (κ2) is 13.2. The molecule has 0 heterocycles. The third kappa shape index (κ3) is 6.79. The van der Waals surface area contributed by atoms with Crippen LogP contribution in [0, 0.1) is 11.8 Å². The minimum atomic E-state index is -2.39. The van der Waals surface area contributed by atoms with E-state index < -0.39 is 8.32 Å². The Labute approximate surface area is 209 Å². The molecule has 0 aromatic heterocycles. The van der Waals surface area contributed by atoms with Gasteiger partial charge in [-0.2, -0.15) is 0 Å². The highest BCUT2D eigenvalue weighted by atomic mass is 28.4. The monoisotopic (exact) mass is 476 g/mol. The number of benzene rings is 2. The maximum absolute atomic E-state index is 10.8. The Balaban J connectivity index is 1.47. The molecule has 0 spiro atoms. The molecule has 3 heteroatoms. The lowest BCUT2D eigenvalue weighted by atomic mass is 9.88. The van der Waals surface area contributed by atoms with Gasteiger partial charge in [-0.05, 0) is 46.5 Å². The standard InChI is InChI=1S/C31H44O2Si/c1-31(2,3)34(29-20-11-8-12-21-29,30-22-13-9-14-23-30)33-26-15-7-5-4-6-10-17-27-18-16-19-28(27)24-25-32/h8-9,11-14,16,19-23,25,27-28H,4-7,10,15,17-18,24,26H2,1-3H3/t27-,28-/m0/s1. The predicted molar refractivity (Wildman–Crippen MR) is 147 cm³/mol. The highest BCUT2D eigenvalue weighted by Crippen LogP contribution is 2.37. The zero-order chi connectivity index (χ0) is 24.3. The molecule has 0 saturated carbocycles. The van der Waals surface area contributed by atoms with E-state index in [2.05, 4.69) is 93.6 Å². The lowest BCUT2D eigenvalue weighted by Crippen LogP contribution is -2.66. The van der Waals surface area contributed by atoms with E-state index in [4.69, 9.17) is 4.43 Å². The van der Waals surface area contributed by atoms with Crippen molar-refractivity contribution in [3.05, 3.63) is 72.8 Å². The Morgan fingerprint density at radius 3 is 1.97 bits per heavy atom. The molecule has 0 N–H and O–H groups in total. The summed E-state index contributed by atoms with van der Waals surface area (Å²) in [6.07, 6.45) is 16.3. The average molecular weight is 477 g/mol. The molecule has 2 atom stereocenters. The summed E-state index contributed by atoms with van der Waals surface area (Å²) in [5.41, 5.74) is 0. The Kier molecular flexibility index (Phi) is 10.3. The van der Waals surface area contributed by atoms with Crippen LogP contribution in [0.15, 0.2) is 72.8 Å². The van der Waals surface area contributed by atoms with E-state index >= 15 is 0 Å². The van der Waals surface area contributed by atoms with Crippen LogP contribution in [0.1, 0.15) is 78.6 Å². The molecule has 2 aromatic rings. The van der Waals surface area contributed by atoms with Crippen molar-refractivity contribution in [3.8, 4) is 0 Å². The molecule has 1 aliphatic rings. The van der Waals surface area contributed by atoms with Gasteiger partial charge in [-0.15, -0.1) is 0 Å². The number of aldehydes is 1. The van der Waals surface area contributed by atoms with Crippen molar-refractivity contribution >= 4 is 25.0 Å². The maximum Gasteiger partial charge on any atom is 0.261 e. The van der Waals surface area contributed by atoms with Gasteiger partial charge in [0.15, 0.2) is 0 Å². The van der Waals surface area contributed by atoms with Crippen molar-refractivity contribution < 1.29 is 9.22 Å². The molecule has 34 heavy (non-hydrogen) atoms. The fourth-order valence-electron chi connectivity index (χ4n) is 5.68. The molecule has 0 aliphatic heterocycles. The topological polar surface area (TPSA) is 26.3 Å². The normalized spacial score (nSPS) is 18.3. The average Bonchev–Trinajstić information content (AvgIpc) is 3.28. The second-order valence-electron chi connectivity index (χ2n) is 10.9. The first kappa shape index (κ1) is 26.6. The van der Waals surface area contributed by atoms with E-state index in [9.17, 15) is 4.79 Å². The Bertz CT molecular complexity index is 830. The lowest BCUT2D eigenvalue weighted by molar-refractivity contribution is -0.108. The molecule has 2 aromatic carbocycles. The summed E-state index contributed by atoms with van der Waals surface area (Å²) in [6.45, 7) is 7.87. The lowest BCUT2D eigenvalue weighted by Gasteiger charge is -2.43. The smallest absolute Gasteiger partial charge is 0.261 e. The molecule has 1 aliphatic carbocycles. The molecule has 0 saturated heterocycles. The summed E-state index contributed by atoms with van der Waals surface area (Å²) in [6, 6.07) is 21.9. The zero-order valence-electron chi connectivity index (χ0n) is 21.5. The molecule has 184 valence electrons. The second-order valence-corrected chi connectivity index (χ2v) is 15.2. The first-order chi connectivity index (χ1) is 16.5. The van der Waals surface area contributed by atoms with Crippen LogP contribution in [0.2, 0.25) is 5.04 Å². The maximum atomic E-state index is 10.8. The van der Waals surface area contributed by atoms with Gasteiger partial charge in [0.25, 0.3) is 8.32 Å². The highest BCUT2D eigenvalue weighted by molar-refractivity contribution is 6.99. The first-order valence-electron chi connectivity index (χ1n) is 13.3. The van der Waals surface area contributed by atoms with Crippen molar-refractivity contribution in [2.24, 2.45) is 11.8 Å². The molecule has 2 nitrogen and oxygen atoms in total. The van der Waals surface area contributed by atoms with E-state index in [1.165, 1.54) is 48.9 Å². The van der Waals surface area contributed by atoms with Crippen molar-refractivity contribution in [2.45, 2.75) is 83.6 Å².